The Hall–Kier alpha value is -3.24. The van der Waals surface area contributed by atoms with E-state index in [1.54, 1.807) is 30.3 Å². The zero-order valence-corrected chi connectivity index (χ0v) is 19.6. The van der Waals surface area contributed by atoms with Gasteiger partial charge in [0.1, 0.15) is 0 Å². The molecule has 0 radical (unpaired) electrons. The first kappa shape index (κ1) is 22.9. The summed E-state index contributed by atoms with van der Waals surface area (Å²) in [5, 5.41) is 16.3. The first-order valence-electron chi connectivity index (χ1n) is 10.5. The zero-order chi connectivity index (χ0) is 23.4. The lowest BCUT2D eigenvalue weighted by atomic mass is 10.1. The quantitative estimate of drug-likeness (QED) is 0.387. The molecule has 33 heavy (non-hydrogen) atoms. The number of hydrogen-bond donors (Lipinski definition) is 1. The Balaban J connectivity index is 1.44. The van der Waals surface area contributed by atoms with Crippen molar-refractivity contribution in [3.63, 3.8) is 0 Å². The van der Waals surface area contributed by atoms with Gasteiger partial charge in [0.2, 0.25) is 0 Å². The molecule has 4 rings (SSSR count). The molecule has 0 unspecified atom stereocenters. The van der Waals surface area contributed by atoms with E-state index in [1.807, 2.05) is 23.3 Å². The van der Waals surface area contributed by atoms with Gasteiger partial charge < -0.3 is 10.2 Å². The monoisotopic (exact) mass is 482 g/mol. The number of hydrogen-bond acceptors (Lipinski definition) is 7. The molecule has 1 saturated heterocycles. The van der Waals surface area contributed by atoms with Gasteiger partial charge in [0.15, 0.2) is 4.34 Å². The number of nitrogens with zero attached hydrogens (tertiary/aromatic N) is 3. The molecule has 0 spiro atoms. The van der Waals surface area contributed by atoms with E-state index < -0.39 is 10.8 Å². The molecule has 0 atom stereocenters. The van der Waals surface area contributed by atoms with E-state index in [4.69, 9.17) is 0 Å². The summed E-state index contributed by atoms with van der Waals surface area (Å²) in [6.45, 7) is 3.62. The smallest absolute Gasteiger partial charge is 0.284 e. The molecule has 0 saturated carbocycles. The lowest BCUT2D eigenvalue weighted by molar-refractivity contribution is -0.387. The van der Waals surface area contributed by atoms with Crippen molar-refractivity contribution in [2.75, 3.05) is 13.1 Å². The Kier molecular flexibility index (Phi) is 7.05. The predicted octanol–water partition coefficient (Wildman–Crippen LogP) is 4.68. The number of carbonyl (C=O) groups is 2. The van der Waals surface area contributed by atoms with Gasteiger partial charge in [-0.3, -0.25) is 19.7 Å². The summed E-state index contributed by atoms with van der Waals surface area (Å²) in [5.74, 6) is -0.421. The molecule has 1 aliphatic rings. The molecular formula is C23H22N4O4S2. The number of benzene rings is 2. The van der Waals surface area contributed by atoms with Gasteiger partial charge in [0.05, 0.1) is 9.82 Å². The van der Waals surface area contributed by atoms with Gasteiger partial charge in [0, 0.05) is 47.9 Å². The summed E-state index contributed by atoms with van der Waals surface area (Å²) < 4.78 is 0.705. The third-order valence-electron chi connectivity index (χ3n) is 5.23. The highest BCUT2D eigenvalue weighted by Gasteiger charge is 2.21. The molecule has 1 aromatic heterocycles. The van der Waals surface area contributed by atoms with Crippen LogP contribution in [0.3, 0.4) is 0 Å². The van der Waals surface area contributed by atoms with Crippen molar-refractivity contribution in [1.29, 1.82) is 0 Å². The van der Waals surface area contributed by atoms with Crippen LogP contribution in [0.4, 0.5) is 5.69 Å². The van der Waals surface area contributed by atoms with E-state index in [0.29, 0.717) is 14.8 Å². The lowest BCUT2D eigenvalue weighted by Crippen LogP contribution is -2.28. The normalized spacial score (nSPS) is 13.2. The number of aryl methyl sites for hydroxylation is 1. The van der Waals surface area contributed by atoms with Crippen LogP contribution >= 0.6 is 23.1 Å². The van der Waals surface area contributed by atoms with Crippen LogP contribution in [0.15, 0.2) is 57.1 Å². The Morgan fingerprint density at radius 1 is 1.18 bits per heavy atom. The highest BCUT2D eigenvalue weighted by molar-refractivity contribution is 8.01. The minimum Gasteiger partial charge on any atom is -0.348 e. The van der Waals surface area contributed by atoms with Gasteiger partial charge in [0.25, 0.3) is 17.5 Å². The third-order valence-corrected chi connectivity index (χ3v) is 7.35. The molecule has 10 heteroatoms. The number of nitrogens with one attached hydrogen (secondary N) is 1. The number of thiazole rings is 1. The average molecular weight is 483 g/mol. The van der Waals surface area contributed by atoms with Crippen LogP contribution in [-0.2, 0) is 6.54 Å². The van der Waals surface area contributed by atoms with Crippen molar-refractivity contribution >= 4 is 40.6 Å². The molecule has 8 nitrogen and oxygen atoms in total. The molecule has 2 aromatic carbocycles. The van der Waals surface area contributed by atoms with E-state index in [2.05, 4.69) is 10.3 Å². The van der Waals surface area contributed by atoms with E-state index in [0.717, 1.165) is 37.2 Å². The highest BCUT2D eigenvalue weighted by atomic mass is 32.2. The molecular weight excluding hydrogens is 460 g/mol. The summed E-state index contributed by atoms with van der Waals surface area (Å²) in [6.07, 6.45) is 2.04. The van der Waals surface area contributed by atoms with Crippen LogP contribution in [0.1, 0.15) is 44.8 Å². The first-order valence-corrected chi connectivity index (χ1v) is 12.1. The van der Waals surface area contributed by atoms with Crippen molar-refractivity contribution in [3.8, 4) is 0 Å². The number of nitro groups is 1. The van der Waals surface area contributed by atoms with Crippen LogP contribution in [0.2, 0.25) is 0 Å². The highest BCUT2D eigenvalue weighted by Crippen LogP contribution is 2.36. The zero-order valence-electron chi connectivity index (χ0n) is 17.9. The maximum atomic E-state index is 12.7. The van der Waals surface area contributed by atoms with Crippen LogP contribution in [0.5, 0.6) is 0 Å². The first-order chi connectivity index (χ1) is 15.9. The van der Waals surface area contributed by atoms with E-state index >= 15 is 0 Å². The predicted molar refractivity (Wildman–Crippen MR) is 127 cm³/mol. The van der Waals surface area contributed by atoms with Crippen LogP contribution < -0.4 is 5.32 Å². The van der Waals surface area contributed by atoms with Crippen LogP contribution in [0, 0.1) is 17.0 Å². The fraction of sp³-hybridized carbons (Fsp3) is 0.261. The van der Waals surface area contributed by atoms with Crippen molar-refractivity contribution in [2.45, 2.75) is 35.5 Å². The minimum atomic E-state index is -0.493. The second-order valence-electron chi connectivity index (χ2n) is 7.68. The molecule has 0 aliphatic carbocycles. The second-order valence-corrected chi connectivity index (χ2v) is 9.83. The number of nitro benzene ring substituents is 1. The maximum Gasteiger partial charge on any atom is 0.284 e. The number of carbonyl (C=O) groups excluding carboxylic acids is 2. The Morgan fingerprint density at radius 2 is 1.97 bits per heavy atom. The van der Waals surface area contributed by atoms with Gasteiger partial charge in [-0.05, 0) is 49.6 Å². The van der Waals surface area contributed by atoms with Gasteiger partial charge in [-0.2, -0.15) is 0 Å². The summed E-state index contributed by atoms with van der Waals surface area (Å²) in [4.78, 5) is 42.9. The molecule has 3 aromatic rings. The number of aromatic nitrogens is 1. The van der Waals surface area contributed by atoms with E-state index in [1.165, 1.54) is 29.2 Å². The maximum absolute atomic E-state index is 12.7. The van der Waals surface area contributed by atoms with Gasteiger partial charge >= 0.3 is 0 Å². The molecule has 2 amide bonds. The van der Waals surface area contributed by atoms with Crippen molar-refractivity contribution < 1.29 is 14.5 Å². The van der Waals surface area contributed by atoms with Gasteiger partial charge in [-0.1, -0.05) is 23.9 Å². The van der Waals surface area contributed by atoms with Gasteiger partial charge in [-0.15, -0.1) is 11.3 Å². The summed E-state index contributed by atoms with van der Waals surface area (Å²) in [7, 11) is 0. The summed E-state index contributed by atoms with van der Waals surface area (Å²) in [5.41, 5.74) is 2.30. The minimum absolute atomic E-state index is 0.000172. The topological polar surface area (TPSA) is 105 Å². The van der Waals surface area contributed by atoms with Crippen LogP contribution in [-0.4, -0.2) is 39.7 Å². The van der Waals surface area contributed by atoms with Gasteiger partial charge in [-0.25, -0.2) is 4.98 Å². The Labute approximate surface area is 199 Å². The fourth-order valence-electron chi connectivity index (χ4n) is 3.56. The number of likely N-dealkylation sites (tertiary alicyclic amines) is 1. The molecule has 170 valence electrons. The summed E-state index contributed by atoms with van der Waals surface area (Å²) in [6, 6.07) is 11.6. The third kappa shape index (κ3) is 5.58. The van der Waals surface area contributed by atoms with Crippen molar-refractivity contribution in [1.82, 2.24) is 15.2 Å². The SMILES string of the molecule is Cc1csc(Sc2ccc(C(=O)NCc3cccc(C(=O)N4CCCC4)c3)cc2[N+](=O)[O-])n1. The summed E-state index contributed by atoms with van der Waals surface area (Å²) >= 11 is 2.62. The molecule has 1 aliphatic heterocycles. The van der Waals surface area contributed by atoms with Crippen molar-refractivity contribution in [2.24, 2.45) is 0 Å². The average Bonchev–Trinajstić information content (AvgIpc) is 3.49. The number of rotatable bonds is 7. The number of amides is 2. The standard InChI is InChI=1S/C23H22N4O4S2/c1-15-14-32-23(25-15)33-20-8-7-17(12-19(20)27(30)31)21(28)24-13-16-5-4-6-18(11-16)22(29)26-9-2-3-10-26/h4-8,11-12,14H,2-3,9-10,13H2,1H3,(H,24,28). The Morgan fingerprint density at radius 3 is 2.67 bits per heavy atom. The second kappa shape index (κ2) is 10.1. The molecule has 2 heterocycles. The molecule has 0 bridgehead atoms. The largest absolute Gasteiger partial charge is 0.348 e. The fourth-order valence-corrected chi connectivity index (χ4v) is 5.44. The van der Waals surface area contributed by atoms with E-state index in [-0.39, 0.29) is 23.7 Å². The lowest BCUT2D eigenvalue weighted by Gasteiger charge is -2.15. The molecule has 1 fully saturated rings. The van der Waals surface area contributed by atoms with Crippen LogP contribution in [0.25, 0.3) is 0 Å². The Bertz CT molecular complexity index is 1200. The molecule has 1 N–H and O–H groups in total. The van der Waals surface area contributed by atoms with Crippen molar-refractivity contribution in [3.05, 3.63) is 80.3 Å². The van der Waals surface area contributed by atoms with E-state index in [9.17, 15) is 19.7 Å².